The van der Waals surface area contributed by atoms with Crippen molar-refractivity contribution in [3.63, 3.8) is 0 Å². The fourth-order valence-corrected chi connectivity index (χ4v) is 2.97. The highest BCUT2D eigenvalue weighted by atomic mass is 32.2. The van der Waals surface area contributed by atoms with Crippen molar-refractivity contribution in [2.45, 2.75) is 10.1 Å². The third-order valence-corrected chi connectivity index (χ3v) is 4.14. The van der Waals surface area contributed by atoms with E-state index in [1.54, 1.807) is 31.4 Å². The van der Waals surface area contributed by atoms with E-state index in [2.05, 4.69) is 9.97 Å². The van der Waals surface area contributed by atoms with Crippen LogP contribution in [0.2, 0.25) is 0 Å². The number of H-pyrrole nitrogens is 1. The number of rotatable bonds is 5. The van der Waals surface area contributed by atoms with Crippen molar-refractivity contribution in [1.82, 2.24) is 9.97 Å². The molecule has 0 atom stereocenters. The first-order valence-corrected chi connectivity index (χ1v) is 7.37. The summed E-state index contributed by atoms with van der Waals surface area (Å²) in [6.07, 6.45) is 0.578. The van der Waals surface area contributed by atoms with Gasteiger partial charge in [0.25, 0.3) is 5.69 Å². The number of aldehydes is 1. The van der Waals surface area contributed by atoms with Crippen LogP contribution in [0.3, 0.4) is 0 Å². The second-order valence-electron chi connectivity index (χ2n) is 4.63. The minimum absolute atomic E-state index is 0.127. The number of methoxy groups -OCH3 is 1. The molecule has 0 amide bonds. The first-order valence-electron chi connectivity index (χ1n) is 6.56. The van der Waals surface area contributed by atoms with Gasteiger partial charge in [-0.3, -0.25) is 14.9 Å². The summed E-state index contributed by atoms with van der Waals surface area (Å²) in [6, 6.07) is 9.73. The molecule has 0 aliphatic carbocycles. The van der Waals surface area contributed by atoms with E-state index in [0.717, 1.165) is 22.8 Å². The molecule has 2 aromatic carbocycles. The Hall–Kier alpha value is -2.87. The molecule has 0 radical (unpaired) electrons. The SMILES string of the molecule is COc1ccc2nc(Sc3ccc(C=O)cc3[N+](=O)[O-])[nH]c2c1. The number of carbonyl (C=O) groups excluding carboxylic acids is 1. The van der Waals surface area contributed by atoms with E-state index in [9.17, 15) is 14.9 Å². The molecule has 0 saturated heterocycles. The lowest BCUT2D eigenvalue weighted by molar-refractivity contribution is -0.387. The number of benzene rings is 2. The molecule has 1 N–H and O–H groups in total. The highest BCUT2D eigenvalue weighted by molar-refractivity contribution is 7.99. The molecule has 0 aliphatic heterocycles. The number of nitro groups is 1. The fraction of sp³-hybridized carbons (Fsp3) is 0.0667. The molecule has 1 aromatic heterocycles. The Kier molecular flexibility index (Phi) is 3.98. The van der Waals surface area contributed by atoms with Crippen LogP contribution in [0.4, 0.5) is 5.69 Å². The van der Waals surface area contributed by atoms with Gasteiger partial charge in [0.05, 0.1) is 28.0 Å². The summed E-state index contributed by atoms with van der Waals surface area (Å²) in [5, 5.41) is 11.7. The monoisotopic (exact) mass is 329 g/mol. The minimum atomic E-state index is -0.513. The highest BCUT2D eigenvalue weighted by Gasteiger charge is 2.17. The number of nitrogens with one attached hydrogen (secondary N) is 1. The normalized spacial score (nSPS) is 10.7. The number of aromatic amines is 1. The zero-order valence-electron chi connectivity index (χ0n) is 12.0. The van der Waals surface area contributed by atoms with E-state index in [1.165, 1.54) is 12.1 Å². The van der Waals surface area contributed by atoms with E-state index >= 15 is 0 Å². The molecule has 3 rings (SSSR count). The van der Waals surface area contributed by atoms with Gasteiger partial charge in [-0.1, -0.05) is 6.07 Å². The van der Waals surface area contributed by atoms with Gasteiger partial charge in [-0.15, -0.1) is 0 Å². The number of carbonyl (C=O) groups is 1. The number of imidazole rings is 1. The smallest absolute Gasteiger partial charge is 0.284 e. The number of fused-ring (bicyclic) bond motifs is 1. The van der Waals surface area contributed by atoms with E-state index in [1.807, 2.05) is 0 Å². The lowest BCUT2D eigenvalue weighted by Gasteiger charge is -2.01. The van der Waals surface area contributed by atoms with Crippen LogP contribution < -0.4 is 4.74 Å². The zero-order valence-corrected chi connectivity index (χ0v) is 12.8. The molecule has 7 nitrogen and oxygen atoms in total. The van der Waals surface area contributed by atoms with Gasteiger partial charge in [0, 0.05) is 17.7 Å². The first kappa shape index (κ1) is 15.0. The van der Waals surface area contributed by atoms with Crippen molar-refractivity contribution < 1.29 is 14.5 Å². The lowest BCUT2D eigenvalue weighted by Crippen LogP contribution is -1.93. The van der Waals surface area contributed by atoms with Gasteiger partial charge in [0.1, 0.15) is 12.0 Å². The number of nitro benzene ring substituents is 1. The van der Waals surface area contributed by atoms with Crippen molar-refractivity contribution in [1.29, 1.82) is 0 Å². The molecule has 0 spiro atoms. The number of aromatic nitrogens is 2. The number of hydrogen-bond acceptors (Lipinski definition) is 6. The predicted octanol–water partition coefficient (Wildman–Crippen LogP) is 3.44. The molecule has 0 saturated carbocycles. The number of hydrogen-bond donors (Lipinski definition) is 1. The molecule has 0 unspecified atom stereocenters. The summed E-state index contributed by atoms with van der Waals surface area (Å²) >= 11 is 1.14. The Morgan fingerprint density at radius 3 is 2.83 bits per heavy atom. The number of ether oxygens (including phenoxy) is 1. The summed E-state index contributed by atoms with van der Waals surface area (Å²) in [7, 11) is 1.57. The standard InChI is InChI=1S/C15H11N3O4S/c1-22-10-3-4-11-12(7-10)17-15(16-11)23-14-5-2-9(8-19)6-13(14)18(20)21/h2-8H,1H3,(H,16,17). The molecule has 3 aromatic rings. The van der Waals surface area contributed by atoms with Gasteiger partial charge in [0.15, 0.2) is 5.16 Å². The third kappa shape index (κ3) is 3.02. The molecular weight excluding hydrogens is 318 g/mol. The van der Waals surface area contributed by atoms with Crippen molar-refractivity contribution in [2.24, 2.45) is 0 Å². The molecule has 0 fully saturated rings. The van der Waals surface area contributed by atoms with Crippen LogP contribution >= 0.6 is 11.8 Å². The Bertz CT molecular complexity index is 907. The maximum Gasteiger partial charge on any atom is 0.284 e. The number of nitrogens with zero attached hydrogens (tertiary/aromatic N) is 2. The largest absolute Gasteiger partial charge is 0.497 e. The van der Waals surface area contributed by atoms with E-state index in [0.29, 0.717) is 22.1 Å². The van der Waals surface area contributed by atoms with Crippen molar-refractivity contribution >= 4 is 34.8 Å². The quantitative estimate of drug-likeness (QED) is 0.437. The van der Waals surface area contributed by atoms with Gasteiger partial charge in [-0.25, -0.2) is 4.98 Å². The average Bonchev–Trinajstić information content (AvgIpc) is 2.96. The van der Waals surface area contributed by atoms with Gasteiger partial charge < -0.3 is 9.72 Å². The second kappa shape index (κ2) is 6.09. The summed E-state index contributed by atoms with van der Waals surface area (Å²) in [4.78, 5) is 29.3. The highest BCUT2D eigenvalue weighted by Crippen LogP contribution is 2.35. The summed E-state index contributed by atoms with van der Waals surface area (Å²) in [5.74, 6) is 0.694. The lowest BCUT2D eigenvalue weighted by atomic mass is 10.2. The summed E-state index contributed by atoms with van der Waals surface area (Å²) in [6.45, 7) is 0. The molecule has 0 bridgehead atoms. The molecule has 116 valence electrons. The van der Waals surface area contributed by atoms with Crippen LogP contribution in [0.25, 0.3) is 11.0 Å². The Labute approximate surface area is 134 Å². The average molecular weight is 329 g/mol. The fourth-order valence-electron chi connectivity index (χ4n) is 2.08. The molecule has 1 heterocycles. The van der Waals surface area contributed by atoms with Crippen molar-refractivity contribution in [3.05, 3.63) is 52.1 Å². The molecular formula is C15H11N3O4S. The van der Waals surface area contributed by atoms with Crippen LogP contribution in [0.5, 0.6) is 5.75 Å². The van der Waals surface area contributed by atoms with Crippen molar-refractivity contribution in [3.8, 4) is 5.75 Å². The van der Waals surface area contributed by atoms with Gasteiger partial charge in [0.2, 0.25) is 0 Å². The van der Waals surface area contributed by atoms with Crippen LogP contribution in [0.1, 0.15) is 10.4 Å². The Morgan fingerprint density at radius 2 is 2.13 bits per heavy atom. The van der Waals surface area contributed by atoms with E-state index < -0.39 is 4.92 Å². The van der Waals surface area contributed by atoms with Gasteiger partial charge in [-0.05, 0) is 30.0 Å². The van der Waals surface area contributed by atoms with Gasteiger partial charge in [-0.2, -0.15) is 0 Å². The van der Waals surface area contributed by atoms with Crippen LogP contribution in [-0.2, 0) is 0 Å². The first-order chi connectivity index (χ1) is 11.1. The van der Waals surface area contributed by atoms with Gasteiger partial charge >= 0.3 is 0 Å². The summed E-state index contributed by atoms with van der Waals surface area (Å²) in [5.41, 5.74) is 1.65. The van der Waals surface area contributed by atoms with Crippen LogP contribution in [0, 0.1) is 10.1 Å². The summed E-state index contributed by atoms with van der Waals surface area (Å²) < 4.78 is 5.15. The van der Waals surface area contributed by atoms with Crippen LogP contribution in [0.15, 0.2) is 46.5 Å². The molecule has 23 heavy (non-hydrogen) atoms. The predicted molar refractivity (Wildman–Crippen MR) is 85.3 cm³/mol. The van der Waals surface area contributed by atoms with Crippen LogP contribution in [-0.4, -0.2) is 28.3 Å². The maximum atomic E-state index is 11.2. The molecule has 0 aliphatic rings. The topological polar surface area (TPSA) is 98.1 Å². The minimum Gasteiger partial charge on any atom is -0.497 e. The zero-order chi connectivity index (χ0) is 16.4. The maximum absolute atomic E-state index is 11.2. The van der Waals surface area contributed by atoms with Crippen molar-refractivity contribution in [2.75, 3.05) is 7.11 Å². The Balaban J connectivity index is 1.98. The molecule has 8 heteroatoms. The van der Waals surface area contributed by atoms with E-state index in [4.69, 9.17) is 4.74 Å². The Morgan fingerprint density at radius 1 is 1.30 bits per heavy atom. The second-order valence-corrected chi connectivity index (χ2v) is 5.66. The third-order valence-electron chi connectivity index (χ3n) is 3.19. The van der Waals surface area contributed by atoms with E-state index in [-0.39, 0.29) is 11.3 Å².